The lowest BCUT2D eigenvalue weighted by Gasteiger charge is -2.65. The molecule has 1 saturated heterocycles. The van der Waals surface area contributed by atoms with Crippen LogP contribution in [0.2, 0.25) is 0 Å². The van der Waals surface area contributed by atoms with Crippen LogP contribution in [0, 0.1) is 11.3 Å². The lowest BCUT2D eigenvalue weighted by Crippen LogP contribution is -2.73. The van der Waals surface area contributed by atoms with Gasteiger partial charge >= 0.3 is 11.4 Å². The fourth-order valence-corrected chi connectivity index (χ4v) is 7.46. The van der Waals surface area contributed by atoms with E-state index >= 15 is 0 Å². The van der Waals surface area contributed by atoms with E-state index in [9.17, 15) is 9.59 Å². The van der Waals surface area contributed by atoms with Gasteiger partial charge in [-0.25, -0.2) is 23.5 Å². The lowest BCUT2D eigenvalue weighted by molar-refractivity contribution is -0.128. The number of hydrogen-bond donors (Lipinski definition) is 0. The van der Waals surface area contributed by atoms with Gasteiger partial charge < -0.3 is 4.74 Å². The largest absolute Gasteiger partial charge is 0.361 e. The number of allylic oxidation sites excluding steroid dienone is 2. The first-order chi connectivity index (χ1) is 13.1. The van der Waals surface area contributed by atoms with Crippen LogP contribution in [0.4, 0.5) is 0 Å². The summed E-state index contributed by atoms with van der Waals surface area (Å²) in [5, 5.41) is 0. The molecule has 8 rings (SSSR count). The van der Waals surface area contributed by atoms with E-state index in [0.717, 1.165) is 12.8 Å². The van der Waals surface area contributed by atoms with Crippen LogP contribution in [0.15, 0.2) is 52.1 Å². The molecule has 1 aromatic carbocycles. The molecule has 2 aromatic rings. The maximum atomic E-state index is 13.3. The highest BCUT2D eigenvalue weighted by Crippen LogP contribution is 2.87. The summed E-state index contributed by atoms with van der Waals surface area (Å²) in [6.45, 7) is 2.29. The highest BCUT2D eigenvalue weighted by Gasteiger charge is 2.95. The van der Waals surface area contributed by atoms with Gasteiger partial charge in [0.05, 0.1) is 17.8 Å². The zero-order valence-corrected chi connectivity index (χ0v) is 15.2. The van der Waals surface area contributed by atoms with E-state index in [2.05, 4.69) is 19.1 Å². The van der Waals surface area contributed by atoms with Crippen LogP contribution in [-0.2, 0) is 4.74 Å². The Labute approximate surface area is 155 Å². The Hall–Kier alpha value is -2.34. The van der Waals surface area contributed by atoms with Crippen LogP contribution in [0.5, 0.6) is 0 Å². The number of para-hydroxylation sites is 1. The molecule has 27 heavy (non-hydrogen) atoms. The van der Waals surface area contributed by atoms with Crippen molar-refractivity contribution >= 4 is 0 Å². The van der Waals surface area contributed by atoms with Crippen molar-refractivity contribution in [3.8, 4) is 5.69 Å². The van der Waals surface area contributed by atoms with E-state index in [1.807, 2.05) is 30.3 Å². The number of hydrogen-bond acceptors (Lipinski definition) is 3. The molecule has 6 heteroatoms. The van der Waals surface area contributed by atoms with E-state index in [0.29, 0.717) is 5.69 Å². The smallest absolute Gasteiger partial charge is 0.352 e. The zero-order chi connectivity index (χ0) is 18.2. The molecule has 138 valence electrons. The molecule has 0 radical (unpaired) electrons. The molecule has 3 aliphatic carbocycles. The average molecular weight is 363 g/mol. The molecule has 3 fully saturated rings. The minimum absolute atomic E-state index is 0.0662. The molecule has 2 bridgehead atoms. The van der Waals surface area contributed by atoms with Gasteiger partial charge in [-0.05, 0) is 25.0 Å². The number of rotatable bonds is 1. The number of epoxide rings is 1. The molecule has 6 aliphatic rings. The van der Waals surface area contributed by atoms with E-state index in [-0.39, 0.29) is 46.0 Å². The van der Waals surface area contributed by atoms with Crippen molar-refractivity contribution in [2.24, 2.45) is 11.3 Å². The first-order valence-electron chi connectivity index (χ1n) is 9.97. The number of aromatic nitrogens is 3. The molecular weight excluding hydrogens is 342 g/mol. The van der Waals surface area contributed by atoms with Crippen LogP contribution < -0.4 is 11.4 Å². The molecule has 0 unspecified atom stereocenters. The van der Waals surface area contributed by atoms with Gasteiger partial charge in [-0.1, -0.05) is 50.1 Å². The molecule has 6 atom stereocenters. The van der Waals surface area contributed by atoms with Crippen molar-refractivity contribution in [3.63, 3.8) is 0 Å². The molecule has 6 nitrogen and oxygen atoms in total. The summed E-state index contributed by atoms with van der Waals surface area (Å²) in [6.07, 6.45) is 8.84. The summed E-state index contributed by atoms with van der Waals surface area (Å²) in [5.41, 5.74) is -0.107. The van der Waals surface area contributed by atoms with Crippen molar-refractivity contribution in [1.82, 2.24) is 13.9 Å². The third kappa shape index (κ3) is 1.21. The number of nitrogens with zero attached hydrogens (tertiary/aromatic N) is 3. The fraction of sp³-hybridized carbons (Fsp3) is 0.524. The average Bonchev–Trinajstić information content (AvgIpc) is 3.26. The van der Waals surface area contributed by atoms with Gasteiger partial charge in [0, 0.05) is 11.3 Å². The minimum Gasteiger partial charge on any atom is -0.361 e. The van der Waals surface area contributed by atoms with Gasteiger partial charge in [0.2, 0.25) is 0 Å². The maximum absolute atomic E-state index is 13.3. The topological polar surface area (TPSA) is 61.5 Å². The second kappa shape index (κ2) is 4.07. The molecule has 3 aliphatic heterocycles. The molecule has 1 aromatic heterocycles. The monoisotopic (exact) mass is 363 g/mol. The normalized spacial score (nSPS) is 44.7. The minimum atomic E-state index is -0.240. The Morgan fingerprint density at radius 1 is 1.00 bits per heavy atom. The van der Waals surface area contributed by atoms with Crippen LogP contribution in [0.3, 0.4) is 0 Å². The Morgan fingerprint density at radius 3 is 2.56 bits per heavy atom. The molecule has 4 heterocycles. The predicted octanol–water partition coefficient (Wildman–Crippen LogP) is 2.18. The Kier molecular flexibility index (Phi) is 2.21. The molecule has 0 amide bonds. The van der Waals surface area contributed by atoms with Crippen LogP contribution in [0.1, 0.15) is 44.7 Å². The van der Waals surface area contributed by atoms with Gasteiger partial charge in [-0.3, -0.25) is 0 Å². The SMILES string of the molecule is C[C@]12[C@H]3C=C[C@@H]([C@@H]1[C@@]14CCCC[C@]21O4)n1c(=O)n(-c2ccccc2)c(=O)n13. The second-order valence-electron chi connectivity index (χ2n) is 9.03. The summed E-state index contributed by atoms with van der Waals surface area (Å²) in [6, 6.07) is 9.02. The fourth-order valence-electron chi connectivity index (χ4n) is 7.46. The predicted molar refractivity (Wildman–Crippen MR) is 98.1 cm³/mol. The highest BCUT2D eigenvalue weighted by molar-refractivity contribution is 5.46. The quantitative estimate of drug-likeness (QED) is 0.576. The summed E-state index contributed by atoms with van der Waals surface area (Å²) >= 11 is 0. The lowest BCUT2D eigenvalue weighted by atomic mass is 9.38. The third-order valence-electron chi connectivity index (χ3n) is 8.36. The highest BCUT2D eigenvalue weighted by atomic mass is 16.6. The van der Waals surface area contributed by atoms with Gasteiger partial charge in [-0.15, -0.1) is 0 Å². The van der Waals surface area contributed by atoms with Gasteiger partial charge in [0.15, 0.2) is 0 Å². The van der Waals surface area contributed by atoms with Crippen molar-refractivity contribution in [3.05, 3.63) is 63.5 Å². The van der Waals surface area contributed by atoms with Gasteiger partial charge in [0.25, 0.3) is 0 Å². The van der Waals surface area contributed by atoms with Crippen molar-refractivity contribution < 1.29 is 4.74 Å². The first kappa shape index (κ1) is 14.7. The van der Waals surface area contributed by atoms with Crippen LogP contribution in [0.25, 0.3) is 5.69 Å². The molecule has 0 N–H and O–H groups in total. The molecule has 0 spiro atoms. The summed E-state index contributed by atoms with van der Waals surface area (Å²) < 4.78 is 11.3. The van der Waals surface area contributed by atoms with E-state index < -0.39 is 0 Å². The standard InChI is InChI=1S/C21H21N3O3/c1-19-15-10-9-14(16(19)20-11-5-6-12-21(19,20)27-20)23-17(25)22(18(26)24(15)23)13-7-3-2-4-8-13/h2-4,7-10,14-16H,5-6,11-12H2,1H3/t14-,15+,16-,19-,20-,21-/m0/s1. The van der Waals surface area contributed by atoms with Gasteiger partial charge in [0.1, 0.15) is 11.2 Å². The van der Waals surface area contributed by atoms with Gasteiger partial charge in [-0.2, -0.15) is 0 Å². The Morgan fingerprint density at radius 2 is 1.74 bits per heavy atom. The summed E-state index contributed by atoms with van der Waals surface area (Å²) in [7, 11) is 0. The van der Waals surface area contributed by atoms with Crippen molar-refractivity contribution in [1.29, 1.82) is 0 Å². The number of benzene rings is 1. The summed E-state index contributed by atoms with van der Waals surface area (Å²) in [4.78, 5) is 26.7. The van der Waals surface area contributed by atoms with Crippen molar-refractivity contribution in [2.75, 3.05) is 0 Å². The zero-order valence-electron chi connectivity index (χ0n) is 15.2. The van der Waals surface area contributed by atoms with E-state index in [4.69, 9.17) is 4.74 Å². The summed E-state index contributed by atoms with van der Waals surface area (Å²) in [5.74, 6) is 0.282. The Balaban J connectivity index is 1.50. The van der Waals surface area contributed by atoms with Crippen LogP contribution >= 0.6 is 0 Å². The molecular formula is C21H21N3O3. The van der Waals surface area contributed by atoms with Crippen molar-refractivity contribution in [2.45, 2.75) is 55.9 Å². The number of ether oxygens (including phenoxy) is 1. The van der Waals surface area contributed by atoms with E-state index in [1.165, 1.54) is 17.4 Å². The second-order valence-corrected chi connectivity index (χ2v) is 9.03. The van der Waals surface area contributed by atoms with E-state index in [1.54, 1.807) is 9.36 Å². The maximum Gasteiger partial charge on any atom is 0.352 e. The first-order valence-corrected chi connectivity index (χ1v) is 9.97. The molecule has 2 saturated carbocycles. The Bertz CT molecular complexity index is 1160. The van der Waals surface area contributed by atoms with Crippen LogP contribution in [-0.4, -0.2) is 25.1 Å². The third-order valence-corrected chi connectivity index (χ3v) is 8.36.